The number of aromatic nitrogens is 4. The minimum absolute atomic E-state index is 0.0171. The van der Waals surface area contributed by atoms with Gasteiger partial charge in [0.15, 0.2) is 5.82 Å². The van der Waals surface area contributed by atoms with Crippen LogP contribution in [0.4, 0.5) is 0 Å². The molecule has 1 saturated carbocycles. The molecule has 18 heavy (non-hydrogen) atoms. The number of amides is 1. The van der Waals surface area contributed by atoms with Gasteiger partial charge >= 0.3 is 0 Å². The smallest absolute Gasteiger partial charge is 0.225 e. The fourth-order valence-corrected chi connectivity index (χ4v) is 2.19. The summed E-state index contributed by atoms with van der Waals surface area (Å²) in [6, 6.07) is 0.404. The topological polar surface area (TPSA) is 72.7 Å². The first-order valence-corrected chi connectivity index (χ1v) is 6.53. The molecule has 1 aromatic heterocycles. The fraction of sp³-hybridized carbons (Fsp3) is 0.833. The first-order valence-electron chi connectivity index (χ1n) is 6.53. The molecule has 1 amide bonds. The third-order valence-electron chi connectivity index (χ3n) is 3.32. The standard InChI is InChI=1S/C12H21N5O/c1-12(2,3)11(18)13-8-10-14-15-16-17(10)9-6-4-5-7-9/h9H,4-8H2,1-3H3,(H,13,18). The van der Waals surface area contributed by atoms with Gasteiger partial charge in [0.1, 0.15) is 0 Å². The zero-order valence-corrected chi connectivity index (χ0v) is 11.3. The molecule has 6 heteroatoms. The van der Waals surface area contributed by atoms with Crippen LogP contribution in [0.15, 0.2) is 0 Å². The minimum atomic E-state index is -0.383. The van der Waals surface area contributed by atoms with Crippen LogP contribution in [0.25, 0.3) is 0 Å². The van der Waals surface area contributed by atoms with E-state index in [0.717, 1.165) is 18.7 Å². The van der Waals surface area contributed by atoms with Crippen molar-refractivity contribution in [3.8, 4) is 0 Å². The van der Waals surface area contributed by atoms with Crippen molar-refractivity contribution < 1.29 is 4.79 Å². The Kier molecular flexibility index (Phi) is 3.63. The highest BCUT2D eigenvalue weighted by Crippen LogP contribution is 2.29. The Morgan fingerprint density at radius 3 is 2.67 bits per heavy atom. The summed E-state index contributed by atoms with van der Waals surface area (Å²) in [7, 11) is 0. The average Bonchev–Trinajstić information content (AvgIpc) is 2.94. The molecule has 0 radical (unpaired) electrons. The normalized spacial score (nSPS) is 17.1. The van der Waals surface area contributed by atoms with Crippen LogP contribution < -0.4 is 5.32 Å². The zero-order valence-electron chi connectivity index (χ0n) is 11.3. The van der Waals surface area contributed by atoms with Crippen LogP contribution in [-0.2, 0) is 11.3 Å². The molecule has 1 aliphatic carbocycles. The number of nitrogens with zero attached hydrogens (tertiary/aromatic N) is 4. The van der Waals surface area contributed by atoms with Gasteiger partial charge in [0.25, 0.3) is 0 Å². The van der Waals surface area contributed by atoms with Crippen LogP contribution in [0, 0.1) is 5.41 Å². The Labute approximate surface area is 107 Å². The molecule has 0 aromatic carbocycles. The van der Waals surface area contributed by atoms with Gasteiger partial charge in [0, 0.05) is 5.41 Å². The van der Waals surface area contributed by atoms with E-state index in [2.05, 4.69) is 20.8 Å². The molecule has 6 nitrogen and oxygen atoms in total. The molecule has 0 aliphatic heterocycles. The van der Waals surface area contributed by atoms with Gasteiger partial charge in [-0.05, 0) is 23.3 Å². The Bertz CT molecular complexity index is 414. The quantitative estimate of drug-likeness (QED) is 0.882. The molecule has 0 atom stereocenters. The first kappa shape index (κ1) is 13.0. The average molecular weight is 251 g/mol. The minimum Gasteiger partial charge on any atom is -0.348 e. The Hall–Kier alpha value is -1.46. The highest BCUT2D eigenvalue weighted by molar-refractivity contribution is 5.81. The lowest BCUT2D eigenvalue weighted by atomic mass is 9.96. The van der Waals surface area contributed by atoms with E-state index in [4.69, 9.17) is 0 Å². The summed E-state index contributed by atoms with van der Waals surface area (Å²) in [4.78, 5) is 11.8. The monoisotopic (exact) mass is 251 g/mol. The zero-order chi connectivity index (χ0) is 13.2. The second-order valence-corrected chi connectivity index (χ2v) is 5.91. The molecule has 2 rings (SSSR count). The van der Waals surface area contributed by atoms with E-state index >= 15 is 0 Å². The molecule has 1 aliphatic rings. The van der Waals surface area contributed by atoms with Crippen molar-refractivity contribution in [2.45, 2.75) is 59.0 Å². The van der Waals surface area contributed by atoms with Gasteiger partial charge in [-0.2, -0.15) is 0 Å². The summed E-state index contributed by atoms with van der Waals surface area (Å²) in [6.45, 7) is 6.08. The van der Waals surface area contributed by atoms with Crippen molar-refractivity contribution in [3.63, 3.8) is 0 Å². The summed E-state index contributed by atoms with van der Waals surface area (Å²) < 4.78 is 1.87. The van der Waals surface area contributed by atoms with Crippen molar-refractivity contribution in [1.29, 1.82) is 0 Å². The Morgan fingerprint density at radius 1 is 1.39 bits per heavy atom. The molecule has 0 saturated heterocycles. The summed E-state index contributed by atoms with van der Waals surface area (Å²) in [5.41, 5.74) is -0.383. The van der Waals surface area contributed by atoms with Gasteiger partial charge in [-0.15, -0.1) is 5.10 Å². The third kappa shape index (κ3) is 2.86. The fourth-order valence-electron chi connectivity index (χ4n) is 2.19. The lowest BCUT2D eigenvalue weighted by Crippen LogP contribution is -2.35. The second-order valence-electron chi connectivity index (χ2n) is 5.91. The molecule has 0 spiro atoms. The Morgan fingerprint density at radius 2 is 2.06 bits per heavy atom. The molecule has 100 valence electrons. The molecule has 1 fully saturated rings. The Balaban J connectivity index is 1.98. The predicted octanol–water partition coefficient (Wildman–Crippen LogP) is 1.45. The number of rotatable bonds is 3. The number of carbonyl (C=O) groups excluding carboxylic acids is 1. The second kappa shape index (κ2) is 5.04. The van der Waals surface area contributed by atoms with Crippen molar-refractivity contribution in [3.05, 3.63) is 5.82 Å². The molecule has 1 heterocycles. The maximum Gasteiger partial charge on any atom is 0.225 e. The molecular formula is C12H21N5O. The number of hydrogen-bond acceptors (Lipinski definition) is 4. The van der Waals surface area contributed by atoms with Gasteiger partial charge in [-0.3, -0.25) is 4.79 Å². The molecule has 1 N–H and O–H groups in total. The van der Waals surface area contributed by atoms with E-state index < -0.39 is 0 Å². The number of hydrogen-bond donors (Lipinski definition) is 1. The van der Waals surface area contributed by atoms with Gasteiger partial charge in [0.2, 0.25) is 5.91 Å². The van der Waals surface area contributed by atoms with E-state index in [0.29, 0.717) is 12.6 Å². The number of nitrogens with one attached hydrogen (secondary N) is 1. The largest absolute Gasteiger partial charge is 0.348 e. The lowest BCUT2D eigenvalue weighted by molar-refractivity contribution is -0.128. The van der Waals surface area contributed by atoms with Gasteiger partial charge < -0.3 is 5.32 Å². The van der Waals surface area contributed by atoms with E-state index in [1.165, 1.54) is 12.8 Å². The summed E-state index contributed by atoms with van der Waals surface area (Å²) in [6.07, 6.45) is 4.73. The van der Waals surface area contributed by atoms with Crippen LogP contribution in [-0.4, -0.2) is 26.1 Å². The van der Waals surface area contributed by atoms with Crippen molar-refractivity contribution in [1.82, 2.24) is 25.5 Å². The van der Waals surface area contributed by atoms with Gasteiger partial charge in [0.05, 0.1) is 12.6 Å². The van der Waals surface area contributed by atoms with Crippen LogP contribution in [0.1, 0.15) is 58.3 Å². The van der Waals surface area contributed by atoms with Crippen molar-refractivity contribution >= 4 is 5.91 Å². The molecular weight excluding hydrogens is 230 g/mol. The van der Waals surface area contributed by atoms with E-state index in [-0.39, 0.29) is 11.3 Å². The first-order chi connectivity index (χ1) is 8.48. The maximum atomic E-state index is 11.8. The van der Waals surface area contributed by atoms with Crippen molar-refractivity contribution in [2.75, 3.05) is 0 Å². The van der Waals surface area contributed by atoms with Crippen molar-refractivity contribution in [2.24, 2.45) is 5.41 Å². The molecule has 0 bridgehead atoms. The highest BCUT2D eigenvalue weighted by atomic mass is 16.2. The number of tetrazole rings is 1. The molecule has 1 aromatic rings. The van der Waals surface area contributed by atoms with Gasteiger partial charge in [-0.25, -0.2) is 4.68 Å². The van der Waals surface area contributed by atoms with Crippen LogP contribution in [0.2, 0.25) is 0 Å². The van der Waals surface area contributed by atoms with Gasteiger partial charge in [-0.1, -0.05) is 33.6 Å². The van der Waals surface area contributed by atoms with E-state index in [1.807, 2.05) is 25.5 Å². The summed E-state index contributed by atoms with van der Waals surface area (Å²) in [5.74, 6) is 0.767. The predicted molar refractivity (Wildman–Crippen MR) is 66.6 cm³/mol. The summed E-state index contributed by atoms with van der Waals surface area (Å²) >= 11 is 0. The van der Waals surface area contributed by atoms with E-state index in [1.54, 1.807) is 0 Å². The van der Waals surface area contributed by atoms with E-state index in [9.17, 15) is 4.79 Å². The third-order valence-corrected chi connectivity index (χ3v) is 3.32. The SMILES string of the molecule is CC(C)(C)C(=O)NCc1nnnn1C1CCCC1. The maximum absolute atomic E-state index is 11.8. The van der Waals surface area contributed by atoms with Crippen LogP contribution in [0.5, 0.6) is 0 Å². The summed E-state index contributed by atoms with van der Waals surface area (Å²) in [5, 5.41) is 14.6. The highest BCUT2D eigenvalue weighted by Gasteiger charge is 2.24. The van der Waals surface area contributed by atoms with Crippen LogP contribution in [0.3, 0.4) is 0 Å². The van der Waals surface area contributed by atoms with Crippen LogP contribution >= 0.6 is 0 Å². The molecule has 0 unspecified atom stereocenters. The lowest BCUT2D eigenvalue weighted by Gasteiger charge is -2.18. The number of carbonyl (C=O) groups is 1.